The van der Waals surface area contributed by atoms with Crippen LogP contribution in [-0.4, -0.2) is 53.3 Å². The molecule has 190 valence electrons. The molecule has 3 fully saturated rings. The molecule has 0 aromatic carbocycles. The van der Waals surface area contributed by atoms with Crippen LogP contribution in [0.3, 0.4) is 0 Å². The maximum absolute atomic E-state index is 11.7. The standard InChI is InChI=1S/C15H20O3.C10H18ClN3O2/c1-9-5-4-8-15(3)13(18-15)12-11(7-6-9)10(2)14(16)17-12;1-8-2-4-9(5-3-8)12-10(15)14(13-16)7-6-11/h5,11-13H,2,4,6-8H2,1,3H3;8-9H,2-7H2,1H3,(H,12,15). The number of urea groups is 1. The molecule has 9 heteroatoms. The number of hydrogen-bond donors (Lipinski definition) is 1. The van der Waals surface area contributed by atoms with Gasteiger partial charge in [-0.05, 0) is 71.1 Å². The Hall–Kier alpha value is -1.93. The number of carbonyl (C=O) groups is 2. The number of esters is 1. The van der Waals surface area contributed by atoms with Gasteiger partial charge in [-0.15, -0.1) is 16.5 Å². The molecule has 4 aliphatic rings. The number of nitrogens with one attached hydrogen (secondary N) is 1. The summed E-state index contributed by atoms with van der Waals surface area (Å²) in [6.07, 6.45) is 10.4. The van der Waals surface area contributed by atoms with Crippen LogP contribution in [-0.2, 0) is 14.3 Å². The van der Waals surface area contributed by atoms with Crippen LogP contribution in [0, 0.1) is 16.7 Å². The Kier molecular flexibility index (Phi) is 9.15. The second-order valence-electron chi connectivity index (χ2n) is 10.3. The van der Waals surface area contributed by atoms with Gasteiger partial charge < -0.3 is 14.8 Å². The molecule has 2 saturated heterocycles. The summed E-state index contributed by atoms with van der Waals surface area (Å²) >= 11 is 5.46. The topological polar surface area (TPSA) is 101 Å². The van der Waals surface area contributed by atoms with Crippen LogP contribution in [0.25, 0.3) is 0 Å². The first-order chi connectivity index (χ1) is 16.2. The molecule has 0 radical (unpaired) electrons. The molecule has 4 rings (SSSR count). The lowest BCUT2D eigenvalue weighted by Gasteiger charge is -2.27. The number of epoxide rings is 1. The van der Waals surface area contributed by atoms with Gasteiger partial charge >= 0.3 is 12.0 Å². The summed E-state index contributed by atoms with van der Waals surface area (Å²) in [7, 11) is 0. The van der Waals surface area contributed by atoms with Gasteiger partial charge in [0.2, 0.25) is 0 Å². The van der Waals surface area contributed by atoms with Crippen LogP contribution in [0.1, 0.15) is 72.1 Å². The van der Waals surface area contributed by atoms with Crippen LogP contribution >= 0.6 is 11.6 Å². The zero-order chi connectivity index (χ0) is 24.9. The van der Waals surface area contributed by atoms with Gasteiger partial charge in [0, 0.05) is 23.4 Å². The lowest BCUT2D eigenvalue weighted by atomic mass is 9.84. The molecular formula is C25H38ClN3O5. The summed E-state index contributed by atoms with van der Waals surface area (Å²) in [6.45, 7) is 10.5. The maximum atomic E-state index is 11.7. The third-order valence-corrected chi connectivity index (χ3v) is 7.71. The minimum atomic E-state index is -0.435. The quantitative estimate of drug-likeness (QED) is 0.109. The predicted octanol–water partition coefficient (Wildman–Crippen LogP) is 5.26. The SMILES string of the molecule is C=C1C(=O)OC2C1CCC(C)=CCCC1(C)OC21.CC1CCC(NC(=O)N(CCCl)N=O)CC1. The van der Waals surface area contributed by atoms with E-state index >= 15 is 0 Å². The Balaban J connectivity index is 0.000000192. The van der Waals surface area contributed by atoms with Crippen LogP contribution in [0.4, 0.5) is 4.79 Å². The Labute approximate surface area is 207 Å². The Morgan fingerprint density at radius 3 is 2.68 bits per heavy atom. The van der Waals surface area contributed by atoms with Crippen molar-refractivity contribution in [2.75, 3.05) is 12.4 Å². The van der Waals surface area contributed by atoms with Crippen molar-refractivity contribution < 1.29 is 19.1 Å². The summed E-state index contributed by atoms with van der Waals surface area (Å²) in [5.74, 6) is 0.840. The number of halogens is 1. The number of allylic oxidation sites excluding steroid dienone is 2. The summed E-state index contributed by atoms with van der Waals surface area (Å²) in [5.41, 5.74) is 1.91. The molecule has 0 bridgehead atoms. The highest BCUT2D eigenvalue weighted by atomic mass is 35.5. The molecule has 0 aromatic heterocycles. The number of alkyl halides is 1. The fraction of sp³-hybridized carbons (Fsp3) is 0.760. The minimum Gasteiger partial charge on any atom is -0.455 e. The summed E-state index contributed by atoms with van der Waals surface area (Å²) in [4.78, 5) is 33.7. The van der Waals surface area contributed by atoms with E-state index in [1.54, 1.807) is 0 Å². The Bertz CT molecular complexity index is 810. The summed E-state index contributed by atoms with van der Waals surface area (Å²) in [6, 6.07) is -0.265. The van der Waals surface area contributed by atoms with Gasteiger partial charge in [0.15, 0.2) is 0 Å². The Morgan fingerprint density at radius 1 is 1.32 bits per heavy atom. The molecular weight excluding hydrogens is 458 g/mol. The molecule has 2 aliphatic carbocycles. The van der Waals surface area contributed by atoms with E-state index in [9.17, 15) is 14.5 Å². The number of nitroso groups, excluding NO2 is 1. The van der Waals surface area contributed by atoms with Crippen molar-refractivity contribution >= 4 is 23.6 Å². The third-order valence-electron chi connectivity index (χ3n) is 7.54. The highest BCUT2D eigenvalue weighted by Crippen LogP contribution is 2.49. The lowest BCUT2D eigenvalue weighted by molar-refractivity contribution is -0.140. The fourth-order valence-electron chi connectivity index (χ4n) is 5.12. The molecule has 2 heterocycles. The molecule has 4 unspecified atom stereocenters. The highest BCUT2D eigenvalue weighted by molar-refractivity contribution is 6.18. The zero-order valence-electron chi connectivity index (χ0n) is 20.6. The van der Waals surface area contributed by atoms with E-state index in [0.29, 0.717) is 5.57 Å². The number of nitrogens with zero attached hydrogens (tertiary/aromatic N) is 2. The van der Waals surface area contributed by atoms with Crippen molar-refractivity contribution in [1.82, 2.24) is 10.3 Å². The summed E-state index contributed by atoms with van der Waals surface area (Å²) < 4.78 is 11.3. The van der Waals surface area contributed by atoms with Crippen LogP contribution in [0.5, 0.6) is 0 Å². The molecule has 1 N–H and O–H groups in total. The van der Waals surface area contributed by atoms with Gasteiger partial charge in [0.05, 0.1) is 17.4 Å². The molecule has 34 heavy (non-hydrogen) atoms. The average Bonchev–Trinajstić information content (AvgIpc) is 3.39. The first kappa shape index (κ1) is 26.7. The first-order valence-corrected chi connectivity index (χ1v) is 12.9. The van der Waals surface area contributed by atoms with E-state index in [-0.39, 0.29) is 48.2 Å². The zero-order valence-corrected chi connectivity index (χ0v) is 21.3. The number of amides is 2. The number of ether oxygens (including phenoxy) is 2. The maximum Gasteiger partial charge on any atom is 0.340 e. The molecule has 2 aliphatic heterocycles. The van der Waals surface area contributed by atoms with Crippen molar-refractivity contribution in [2.24, 2.45) is 17.1 Å². The van der Waals surface area contributed by atoms with Crippen LogP contribution in [0.2, 0.25) is 0 Å². The van der Waals surface area contributed by atoms with E-state index in [4.69, 9.17) is 21.1 Å². The molecule has 0 spiro atoms. The number of hydrogen-bond acceptors (Lipinski definition) is 6. The number of rotatable bonds is 4. The number of carbonyl (C=O) groups excluding carboxylic acids is 2. The van der Waals surface area contributed by atoms with Crippen LogP contribution < -0.4 is 5.32 Å². The number of fused-ring (bicyclic) bond motifs is 3. The van der Waals surface area contributed by atoms with Gasteiger partial charge in [0.25, 0.3) is 0 Å². The normalized spacial score (nSPS) is 34.8. The van der Waals surface area contributed by atoms with Crippen molar-refractivity contribution in [3.05, 3.63) is 28.7 Å². The molecule has 0 aromatic rings. The third kappa shape index (κ3) is 6.60. The van der Waals surface area contributed by atoms with Crippen molar-refractivity contribution in [3.63, 3.8) is 0 Å². The molecule has 8 nitrogen and oxygen atoms in total. The van der Waals surface area contributed by atoms with Gasteiger partial charge in [-0.1, -0.05) is 25.2 Å². The second kappa shape index (κ2) is 11.7. The van der Waals surface area contributed by atoms with Gasteiger partial charge in [-0.2, -0.15) is 5.01 Å². The Morgan fingerprint density at radius 2 is 2.03 bits per heavy atom. The summed E-state index contributed by atoms with van der Waals surface area (Å²) in [5, 5.41) is 6.29. The molecule has 2 amide bonds. The van der Waals surface area contributed by atoms with Crippen molar-refractivity contribution in [3.8, 4) is 0 Å². The largest absolute Gasteiger partial charge is 0.455 e. The monoisotopic (exact) mass is 495 g/mol. The average molecular weight is 496 g/mol. The molecule has 1 saturated carbocycles. The smallest absolute Gasteiger partial charge is 0.340 e. The van der Waals surface area contributed by atoms with Crippen molar-refractivity contribution in [1.29, 1.82) is 0 Å². The van der Waals surface area contributed by atoms with E-state index in [2.05, 4.69) is 44.0 Å². The predicted molar refractivity (Wildman–Crippen MR) is 131 cm³/mol. The second-order valence-corrected chi connectivity index (χ2v) is 10.7. The van der Waals surface area contributed by atoms with E-state index < -0.39 is 6.03 Å². The fourth-order valence-corrected chi connectivity index (χ4v) is 5.28. The molecule has 4 atom stereocenters. The van der Waals surface area contributed by atoms with E-state index in [1.165, 1.54) is 5.57 Å². The van der Waals surface area contributed by atoms with Gasteiger partial charge in [-0.3, -0.25) is 0 Å². The van der Waals surface area contributed by atoms with Gasteiger partial charge in [0.1, 0.15) is 12.2 Å². The van der Waals surface area contributed by atoms with Gasteiger partial charge in [-0.25, -0.2) is 9.59 Å². The van der Waals surface area contributed by atoms with Crippen molar-refractivity contribution in [2.45, 2.75) is 96.0 Å². The lowest BCUT2D eigenvalue weighted by Crippen LogP contribution is -2.44. The van der Waals surface area contributed by atoms with E-state index in [0.717, 1.165) is 62.3 Å². The van der Waals surface area contributed by atoms with Crippen LogP contribution in [0.15, 0.2) is 29.1 Å². The highest BCUT2D eigenvalue weighted by Gasteiger charge is 2.61. The minimum absolute atomic E-state index is 0.0671. The van der Waals surface area contributed by atoms with E-state index in [1.807, 2.05) is 0 Å². The first-order valence-electron chi connectivity index (χ1n) is 12.4.